The van der Waals surface area contributed by atoms with Crippen LogP contribution in [0.2, 0.25) is 0 Å². The molecule has 28 heavy (non-hydrogen) atoms. The molecule has 1 aromatic heterocycles. The molecule has 3 rings (SSSR count). The van der Waals surface area contributed by atoms with Crippen LogP contribution in [0.5, 0.6) is 0 Å². The molecule has 0 aliphatic carbocycles. The molecule has 7 nitrogen and oxygen atoms in total. The Bertz CT molecular complexity index is 996. The first kappa shape index (κ1) is 18.9. The van der Waals surface area contributed by atoms with E-state index in [1.54, 1.807) is 60.7 Å². The second-order valence-corrected chi connectivity index (χ2v) is 6.02. The molecule has 3 amide bonds. The second-order valence-electron chi connectivity index (χ2n) is 6.02. The van der Waals surface area contributed by atoms with Gasteiger partial charge in [0.1, 0.15) is 5.76 Å². The molecule has 3 N–H and O–H groups in total. The highest BCUT2D eigenvalue weighted by Gasteiger charge is 2.14. The van der Waals surface area contributed by atoms with Crippen molar-refractivity contribution >= 4 is 29.1 Å². The largest absolute Gasteiger partial charge is 0.467 e. The smallest absolute Gasteiger partial charge is 0.255 e. The maximum Gasteiger partial charge on any atom is 0.255 e. The van der Waals surface area contributed by atoms with Crippen LogP contribution in [0.3, 0.4) is 0 Å². The molecule has 142 valence electrons. The maximum atomic E-state index is 12.6. The molecule has 1 heterocycles. The van der Waals surface area contributed by atoms with E-state index in [1.165, 1.54) is 13.2 Å². The first-order valence-electron chi connectivity index (χ1n) is 8.61. The SMILES string of the molecule is CC(=O)Nc1cccc(C(=O)Nc2ccccc2C(=O)NCc2ccco2)c1. The van der Waals surface area contributed by atoms with Crippen LogP contribution in [-0.4, -0.2) is 17.7 Å². The van der Waals surface area contributed by atoms with Gasteiger partial charge in [-0.3, -0.25) is 14.4 Å². The molecule has 0 radical (unpaired) electrons. The van der Waals surface area contributed by atoms with Gasteiger partial charge in [-0.1, -0.05) is 18.2 Å². The summed E-state index contributed by atoms with van der Waals surface area (Å²) in [5.41, 5.74) is 1.59. The minimum absolute atomic E-state index is 0.226. The fourth-order valence-electron chi connectivity index (χ4n) is 2.60. The molecule has 2 aromatic carbocycles. The molecule has 0 bridgehead atoms. The van der Waals surface area contributed by atoms with Crippen LogP contribution in [0.1, 0.15) is 33.4 Å². The van der Waals surface area contributed by atoms with E-state index in [0.717, 1.165) is 0 Å². The van der Waals surface area contributed by atoms with Crippen LogP contribution in [0.4, 0.5) is 11.4 Å². The van der Waals surface area contributed by atoms with Crippen molar-refractivity contribution in [3.05, 3.63) is 83.8 Å². The molecular weight excluding hydrogens is 358 g/mol. The number of furan rings is 1. The lowest BCUT2D eigenvalue weighted by molar-refractivity contribution is -0.114. The molecule has 0 fully saturated rings. The number of hydrogen-bond donors (Lipinski definition) is 3. The molecule has 0 aliphatic heterocycles. The first-order chi connectivity index (χ1) is 13.5. The van der Waals surface area contributed by atoms with Gasteiger partial charge in [0.2, 0.25) is 5.91 Å². The third kappa shape index (κ3) is 4.85. The highest BCUT2D eigenvalue weighted by Crippen LogP contribution is 2.18. The van der Waals surface area contributed by atoms with Crippen molar-refractivity contribution in [1.82, 2.24) is 5.32 Å². The molecule has 0 saturated heterocycles. The molecule has 3 aromatic rings. The van der Waals surface area contributed by atoms with Gasteiger partial charge in [-0.05, 0) is 42.5 Å². The average molecular weight is 377 g/mol. The van der Waals surface area contributed by atoms with E-state index < -0.39 is 5.91 Å². The van der Waals surface area contributed by atoms with E-state index in [4.69, 9.17) is 4.42 Å². The van der Waals surface area contributed by atoms with Gasteiger partial charge in [0, 0.05) is 18.2 Å². The van der Waals surface area contributed by atoms with Crippen LogP contribution >= 0.6 is 0 Å². The fourth-order valence-corrected chi connectivity index (χ4v) is 2.60. The monoisotopic (exact) mass is 377 g/mol. The van der Waals surface area contributed by atoms with E-state index in [0.29, 0.717) is 28.3 Å². The number of anilines is 2. The van der Waals surface area contributed by atoms with Gasteiger partial charge < -0.3 is 20.4 Å². The normalized spacial score (nSPS) is 10.2. The number of hydrogen-bond acceptors (Lipinski definition) is 4. The Hall–Kier alpha value is -3.87. The van der Waals surface area contributed by atoms with Crippen molar-refractivity contribution in [3.63, 3.8) is 0 Å². The number of carbonyl (C=O) groups excluding carboxylic acids is 3. The minimum Gasteiger partial charge on any atom is -0.467 e. The summed E-state index contributed by atoms with van der Waals surface area (Å²) in [6, 6.07) is 16.8. The Morgan fingerprint density at radius 1 is 0.893 bits per heavy atom. The van der Waals surface area contributed by atoms with Crippen LogP contribution in [0, 0.1) is 0 Å². The van der Waals surface area contributed by atoms with Crippen molar-refractivity contribution in [2.24, 2.45) is 0 Å². The Balaban J connectivity index is 1.73. The summed E-state index contributed by atoms with van der Waals surface area (Å²) >= 11 is 0. The predicted molar refractivity (Wildman–Crippen MR) is 105 cm³/mol. The van der Waals surface area contributed by atoms with Crippen molar-refractivity contribution in [1.29, 1.82) is 0 Å². The summed E-state index contributed by atoms with van der Waals surface area (Å²) in [6.07, 6.45) is 1.53. The summed E-state index contributed by atoms with van der Waals surface area (Å²) in [5.74, 6) is -0.321. The zero-order valence-corrected chi connectivity index (χ0v) is 15.2. The zero-order chi connectivity index (χ0) is 19.9. The van der Waals surface area contributed by atoms with Crippen molar-refractivity contribution < 1.29 is 18.8 Å². The summed E-state index contributed by atoms with van der Waals surface area (Å²) in [4.78, 5) is 36.3. The summed E-state index contributed by atoms with van der Waals surface area (Å²) in [5, 5.41) is 8.13. The van der Waals surface area contributed by atoms with Gasteiger partial charge in [-0.15, -0.1) is 0 Å². The number of amides is 3. The molecule has 7 heteroatoms. The third-order valence-corrected chi connectivity index (χ3v) is 3.87. The van der Waals surface area contributed by atoms with E-state index >= 15 is 0 Å². The summed E-state index contributed by atoms with van der Waals surface area (Å²) in [6.45, 7) is 1.64. The molecule has 0 atom stereocenters. The first-order valence-corrected chi connectivity index (χ1v) is 8.61. The molecular formula is C21H19N3O4. The summed E-state index contributed by atoms with van der Waals surface area (Å²) in [7, 11) is 0. The van der Waals surface area contributed by atoms with Crippen molar-refractivity contribution in [3.8, 4) is 0 Å². The van der Waals surface area contributed by atoms with Gasteiger partial charge >= 0.3 is 0 Å². The third-order valence-electron chi connectivity index (χ3n) is 3.87. The van der Waals surface area contributed by atoms with Gasteiger partial charge in [-0.2, -0.15) is 0 Å². The lowest BCUT2D eigenvalue weighted by Gasteiger charge is -2.12. The van der Waals surface area contributed by atoms with Gasteiger partial charge in [0.05, 0.1) is 24.1 Å². The number of nitrogens with one attached hydrogen (secondary N) is 3. The zero-order valence-electron chi connectivity index (χ0n) is 15.2. The number of carbonyl (C=O) groups is 3. The Kier molecular flexibility index (Phi) is 5.86. The standard InChI is InChI=1S/C21H19N3O4/c1-14(25)23-16-7-4-6-15(12-16)20(26)24-19-10-3-2-9-18(19)21(27)22-13-17-8-5-11-28-17/h2-12H,13H2,1H3,(H,22,27)(H,23,25)(H,24,26). The highest BCUT2D eigenvalue weighted by atomic mass is 16.3. The summed E-state index contributed by atoms with van der Waals surface area (Å²) < 4.78 is 5.20. The van der Waals surface area contributed by atoms with E-state index in [2.05, 4.69) is 16.0 Å². The van der Waals surface area contributed by atoms with Gasteiger partial charge in [-0.25, -0.2) is 0 Å². The van der Waals surface area contributed by atoms with Crippen LogP contribution < -0.4 is 16.0 Å². The quantitative estimate of drug-likeness (QED) is 0.613. The molecule has 0 saturated carbocycles. The van der Waals surface area contributed by atoms with E-state index in [-0.39, 0.29) is 18.4 Å². The topological polar surface area (TPSA) is 100 Å². The number of benzene rings is 2. The number of rotatable bonds is 6. The lowest BCUT2D eigenvalue weighted by atomic mass is 10.1. The Morgan fingerprint density at radius 2 is 1.71 bits per heavy atom. The van der Waals surface area contributed by atoms with Crippen LogP contribution in [0.15, 0.2) is 71.3 Å². The lowest BCUT2D eigenvalue weighted by Crippen LogP contribution is -2.24. The van der Waals surface area contributed by atoms with Gasteiger partial charge in [0.25, 0.3) is 11.8 Å². The molecule has 0 unspecified atom stereocenters. The fraction of sp³-hybridized carbons (Fsp3) is 0.0952. The highest BCUT2D eigenvalue weighted by molar-refractivity contribution is 6.09. The predicted octanol–water partition coefficient (Wildman–Crippen LogP) is 3.42. The van der Waals surface area contributed by atoms with Crippen LogP contribution in [-0.2, 0) is 11.3 Å². The molecule has 0 aliphatic rings. The van der Waals surface area contributed by atoms with Gasteiger partial charge in [0.15, 0.2) is 0 Å². The second kappa shape index (κ2) is 8.68. The van der Waals surface area contributed by atoms with Crippen molar-refractivity contribution in [2.75, 3.05) is 10.6 Å². The minimum atomic E-state index is -0.390. The van der Waals surface area contributed by atoms with Crippen LogP contribution in [0.25, 0.3) is 0 Å². The van der Waals surface area contributed by atoms with Crippen molar-refractivity contribution in [2.45, 2.75) is 13.5 Å². The molecule has 0 spiro atoms. The average Bonchev–Trinajstić information content (AvgIpc) is 3.20. The Morgan fingerprint density at radius 3 is 2.46 bits per heavy atom. The van der Waals surface area contributed by atoms with E-state index in [9.17, 15) is 14.4 Å². The van der Waals surface area contributed by atoms with E-state index in [1.807, 2.05) is 0 Å². The maximum absolute atomic E-state index is 12.6. The number of para-hydroxylation sites is 1. The Labute approximate surface area is 161 Å².